The molecule has 0 saturated carbocycles. The lowest BCUT2D eigenvalue weighted by Crippen LogP contribution is -2.45. The Morgan fingerprint density at radius 1 is 1.40 bits per heavy atom. The summed E-state index contributed by atoms with van der Waals surface area (Å²) in [6, 6.07) is 5.17. The number of amides is 1. The number of likely N-dealkylation sites (N-methyl/N-ethyl adjacent to an activating group) is 1. The van der Waals surface area contributed by atoms with Crippen LogP contribution in [0.4, 0.5) is 5.69 Å². The molecule has 0 aliphatic rings. The van der Waals surface area contributed by atoms with Crippen molar-refractivity contribution in [3.05, 3.63) is 23.8 Å². The molecule has 112 valence electrons. The van der Waals surface area contributed by atoms with Crippen molar-refractivity contribution < 1.29 is 9.53 Å². The highest BCUT2D eigenvalue weighted by atomic mass is 16.5. The molecule has 1 unspecified atom stereocenters. The van der Waals surface area contributed by atoms with E-state index in [1.807, 2.05) is 14.1 Å². The van der Waals surface area contributed by atoms with Crippen LogP contribution in [0.15, 0.2) is 18.2 Å². The standard InChI is InChI=1S/C15H25N3O2/c1-10(2)13(9-18(3)4)17-15(19)11-6-7-14(20-5)12(16)8-11/h6-8,10,13H,9,16H2,1-5H3,(H,17,19). The molecule has 3 N–H and O–H groups in total. The smallest absolute Gasteiger partial charge is 0.251 e. The van der Waals surface area contributed by atoms with Crippen LogP contribution < -0.4 is 15.8 Å². The first kappa shape index (κ1) is 16.3. The van der Waals surface area contributed by atoms with Gasteiger partial charge in [-0.1, -0.05) is 13.8 Å². The van der Waals surface area contributed by atoms with Gasteiger partial charge in [0.2, 0.25) is 0 Å². The van der Waals surface area contributed by atoms with E-state index in [0.717, 1.165) is 6.54 Å². The molecule has 0 fully saturated rings. The molecule has 0 spiro atoms. The van der Waals surface area contributed by atoms with Gasteiger partial charge in [0.05, 0.1) is 12.8 Å². The monoisotopic (exact) mass is 279 g/mol. The van der Waals surface area contributed by atoms with E-state index in [-0.39, 0.29) is 11.9 Å². The lowest BCUT2D eigenvalue weighted by Gasteiger charge is -2.25. The van der Waals surface area contributed by atoms with Crippen molar-refractivity contribution in [3.8, 4) is 5.75 Å². The molecule has 1 amide bonds. The quantitative estimate of drug-likeness (QED) is 0.776. The summed E-state index contributed by atoms with van der Waals surface area (Å²) in [5.41, 5.74) is 6.84. The van der Waals surface area contributed by atoms with Crippen LogP contribution >= 0.6 is 0 Å². The van der Waals surface area contributed by atoms with Gasteiger partial charge in [-0.3, -0.25) is 4.79 Å². The molecule has 20 heavy (non-hydrogen) atoms. The van der Waals surface area contributed by atoms with Crippen LogP contribution in [0.1, 0.15) is 24.2 Å². The van der Waals surface area contributed by atoms with E-state index in [4.69, 9.17) is 10.5 Å². The zero-order chi connectivity index (χ0) is 15.3. The number of methoxy groups -OCH3 is 1. The number of ether oxygens (including phenoxy) is 1. The van der Waals surface area contributed by atoms with Crippen molar-refractivity contribution in [1.29, 1.82) is 0 Å². The molecular formula is C15H25N3O2. The normalized spacial score (nSPS) is 12.6. The maximum atomic E-state index is 12.3. The number of nitrogens with zero attached hydrogens (tertiary/aromatic N) is 1. The number of anilines is 1. The van der Waals surface area contributed by atoms with Crippen LogP contribution in [-0.2, 0) is 0 Å². The predicted molar refractivity (Wildman–Crippen MR) is 82.1 cm³/mol. The maximum absolute atomic E-state index is 12.3. The number of hydrogen-bond acceptors (Lipinski definition) is 4. The van der Waals surface area contributed by atoms with E-state index in [1.54, 1.807) is 25.3 Å². The van der Waals surface area contributed by atoms with Gasteiger partial charge in [0, 0.05) is 18.2 Å². The van der Waals surface area contributed by atoms with Gasteiger partial charge in [-0.15, -0.1) is 0 Å². The molecule has 0 heterocycles. The van der Waals surface area contributed by atoms with Gasteiger partial charge in [-0.2, -0.15) is 0 Å². The number of nitrogens with two attached hydrogens (primary N) is 1. The summed E-state index contributed by atoms with van der Waals surface area (Å²) in [5, 5.41) is 3.05. The number of hydrogen-bond donors (Lipinski definition) is 2. The SMILES string of the molecule is COc1ccc(C(=O)NC(CN(C)C)C(C)C)cc1N. The van der Waals surface area contributed by atoms with Crippen molar-refractivity contribution in [2.24, 2.45) is 5.92 Å². The molecule has 5 heteroatoms. The van der Waals surface area contributed by atoms with E-state index < -0.39 is 0 Å². The summed E-state index contributed by atoms with van der Waals surface area (Å²) < 4.78 is 5.09. The number of carbonyl (C=O) groups excluding carboxylic acids is 1. The summed E-state index contributed by atoms with van der Waals surface area (Å²) in [6.45, 7) is 4.99. The highest BCUT2D eigenvalue weighted by Crippen LogP contribution is 2.22. The van der Waals surface area contributed by atoms with E-state index in [9.17, 15) is 4.79 Å². The maximum Gasteiger partial charge on any atom is 0.251 e. The largest absolute Gasteiger partial charge is 0.495 e. The number of rotatable bonds is 6. The molecule has 5 nitrogen and oxygen atoms in total. The fourth-order valence-corrected chi connectivity index (χ4v) is 1.94. The molecule has 0 aliphatic heterocycles. The van der Waals surface area contributed by atoms with E-state index in [0.29, 0.717) is 22.9 Å². The number of nitrogens with one attached hydrogen (secondary N) is 1. The van der Waals surface area contributed by atoms with Crippen molar-refractivity contribution in [2.45, 2.75) is 19.9 Å². The van der Waals surface area contributed by atoms with Crippen LogP contribution in [0, 0.1) is 5.92 Å². The molecule has 0 bridgehead atoms. The lowest BCUT2D eigenvalue weighted by atomic mass is 10.0. The van der Waals surface area contributed by atoms with Crippen molar-refractivity contribution in [2.75, 3.05) is 33.5 Å². The van der Waals surface area contributed by atoms with Crippen LogP contribution in [0.2, 0.25) is 0 Å². The third kappa shape index (κ3) is 4.42. The van der Waals surface area contributed by atoms with Gasteiger partial charge < -0.3 is 20.7 Å². The minimum absolute atomic E-state index is 0.0980. The fraction of sp³-hybridized carbons (Fsp3) is 0.533. The Balaban J connectivity index is 2.81. The number of benzene rings is 1. The topological polar surface area (TPSA) is 67.6 Å². The molecule has 1 atom stereocenters. The second-order valence-corrected chi connectivity index (χ2v) is 5.54. The highest BCUT2D eigenvalue weighted by molar-refractivity contribution is 5.95. The van der Waals surface area contributed by atoms with Crippen LogP contribution in [-0.4, -0.2) is 44.6 Å². The summed E-state index contributed by atoms with van der Waals surface area (Å²) in [7, 11) is 5.54. The first-order chi connectivity index (χ1) is 9.35. The van der Waals surface area contributed by atoms with E-state index in [2.05, 4.69) is 24.1 Å². The van der Waals surface area contributed by atoms with Gasteiger partial charge in [-0.05, 0) is 38.2 Å². The summed E-state index contributed by atoms with van der Waals surface area (Å²) in [5.74, 6) is 0.826. The third-order valence-electron chi connectivity index (χ3n) is 3.17. The summed E-state index contributed by atoms with van der Waals surface area (Å²) in [6.07, 6.45) is 0. The predicted octanol–water partition coefficient (Wildman–Crippen LogP) is 1.59. The van der Waals surface area contributed by atoms with Crippen molar-refractivity contribution >= 4 is 11.6 Å². The first-order valence-electron chi connectivity index (χ1n) is 6.74. The molecule has 1 aromatic rings. The minimum atomic E-state index is -0.111. The minimum Gasteiger partial charge on any atom is -0.495 e. The zero-order valence-corrected chi connectivity index (χ0v) is 12.9. The van der Waals surface area contributed by atoms with Crippen molar-refractivity contribution in [1.82, 2.24) is 10.2 Å². The summed E-state index contributed by atoms with van der Waals surface area (Å²) >= 11 is 0. The molecule has 0 radical (unpaired) electrons. The Bertz CT molecular complexity index is 458. The molecular weight excluding hydrogens is 254 g/mol. The second-order valence-electron chi connectivity index (χ2n) is 5.54. The van der Waals surface area contributed by atoms with Crippen molar-refractivity contribution in [3.63, 3.8) is 0 Å². The molecule has 0 aliphatic carbocycles. The third-order valence-corrected chi connectivity index (χ3v) is 3.17. The van der Waals surface area contributed by atoms with Gasteiger partial charge in [-0.25, -0.2) is 0 Å². The van der Waals surface area contributed by atoms with Gasteiger partial charge in [0.1, 0.15) is 5.75 Å². The average Bonchev–Trinajstić information content (AvgIpc) is 2.37. The Kier molecular flexibility index (Phi) is 5.82. The lowest BCUT2D eigenvalue weighted by molar-refractivity contribution is 0.0916. The molecule has 1 aromatic carbocycles. The Morgan fingerprint density at radius 2 is 2.05 bits per heavy atom. The Morgan fingerprint density at radius 3 is 2.50 bits per heavy atom. The van der Waals surface area contributed by atoms with Crippen LogP contribution in [0.25, 0.3) is 0 Å². The molecule has 1 rings (SSSR count). The second kappa shape index (κ2) is 7.14. The molecule has 0 aromatic heterocycles. The highest BCUT2D eigenvalue weighted by Gasteiger charge is 2.18. The summed E-state index contributed by atoms with van der Waals surface area (Å²) in [4.78, 5) is 14.3. The average molecular weight is 279 g/mol. The molecule has 0 saturated heterocycles. The van der Waals surface area contributed by atoms with Gasteiger partial charge in [0.25, 0.3) is 5.91 Å². The van der Waals surface area contributed by atoms with E-state index >= 15 is 0 Å². The zero-order valence-electron chi connectivity index (χ0n) is 12.9. The van der Waals surface area contributed by atoms with Gasteiger partial charge in [0.15, 0.2) is 0 Å². The van der Waals surface area contributed by atoms with Crippen LogP contribution in [0.5, 0.6) is 5.75 Å². The van der Waals surface area contributed by atoms with E-state index in [1.165, 1.54) is 0 Å². The Hall–Kier alpha value is -1.75. The van der Waals surface area contributed by atoms with Crippen LogP contribution in [0.3, 0.4) is 0 Å². The Labute approximate surface area is 121 Å². The number of carbonyl (C=O) groups is 1. The first-order valence-corrected chi connectivity index (χ1v) is 6.74. The number of nitrogen functional groups attached to an aromatic ring is 1. The van der Waals surface area contributed by atoms with Gasteiger partial charge >= 0.3 is 0 Å². The fourth-order valence-electron chi connectivity index (χ4n) is 1.94.